The van der Waals surface area contributed by atoms with Crippen LogP contribution in [-0.4, -0.2) is 82.5 Å². The van der Waals surface area contributed by atoms with Crippen molar-refractivity contribution in [2.24, 2.45) is 0 Å². The fourth-order valence-corrected chi connectivity index (χ4v) is 3.62. The zero-order valence-corrected chi connectivity index (χ0v) is 15.5. The number of morpholine rings is 1. The third-order valence-electron chi connectivity index (χ3n) is 5.00. The van der Waals surface area contributed by atoms with Gasteiger partial charge in [0.25, 0.3) is 0 Å². The maximum atomic E-state index is 5.68. The van der Waals surface area contributed by atoms with Crippen LogP contribution >= 0.6 is 0 Å². The van der Waals surface area contributed by atoms with Crippen LogP contribution in [-0.2, 0) is 4.74 Å². The van der Waals surface area contributed by atoms with E-state index in [9.17, 15) is 0 Å². The fourth-order valence-electron chi connectivity index (χ4n) is 3.62. The van der Waals surface area contributed by atoms with Gasteiger partial charge in [0.05, 0.1) is 26.9 Å². The summed E-state index contributed by atoms with van der Waals surface area (Å²) in [4.78, 5) is 5.10. The van der Waals surface area contributed by atoms with Gasteiger partial charge in [-0.3, -0.25) is 9.80 Å². The molecule has 0 saturated carbocycles. The van der Waals surface area contributed by atoms with Crippen LogP contribution in [0.1, 0.15) is 18.5 Å². The molecular formula is C19H31N3O3. The van der Waals surface area contributed by atoms with Gasteiger partial charge >= 0.3 is 0 Å². The molecule has 2 aliphatic heterocycles. The Morgan fingerprint density at radius 3 is 2.56 bits per heavy atom. The highest BCUT2D eigenvalue weighted by Crippen LogP contribution is 2.33. The smallest absolute Gasteiger partial charge is 0.161 e. The van der Waals surface area contributed by atoms with E-state index in [2.05, 4.69) is 27.2 Å². The monoisotopic (exact) mass is 349 g/mol. The second-order valence-electron chi connectivity index (χ2n) is 6.56. The number of benzene rings is 1. The van der Waals surface area contributed by atoms with Crippen LogP contribution in [0, 0.1) is 0 Å². The molecule has 1 atom stereocenters. The molecular weight excluding hydrogens is 318 g/mol. The number of piperazine rings is 1. The molecule has 1 aromatic rings. The van der Waals surface area contributed by atoms with Crippen molar-refractivity contribution in [1.29, 1.82) is 0 Å². The van der Waals surface area contributed by atoms with E-state index in [-0.39, 0.29) is 0 Å². The van der Waals surface area contributed by atoms with E-state index in [1.807, 2.05) is 13.0 Å². The van der Waals surface area contributed by atoms with Crippen molar-refractivity contribution in [2.45, 2.75) is 13.0 Å². The van der Waals surface area contributed by atoms with Crippen LogP contribution in [0.25, 0.3) is 0 Å². The summed E-state index contributed by atoms with van der Waals surface area (Å²) in [5.74, 6) is 1.64. The first kappa shape index (κ1) is 18.5. The van der Waals surface area contributed by atoms with E-state index in [0.29, 0.717) is 12.6 Å². The van der Waals surface area contributed by atoms with Gasteiger partial charge in [-0.1, -0.05) is 6.07 Å². The van der Waals surface area contributed by atoms with Crippen molar-refractivity contribution in [3.8, 4) is 11.5 Å². The molecule has 0 spiro atoms. The molecule has 25 heavy (non-hydrogen) atoms. The Kier molecular flexibility index (Phi) is 6.93. The Bertz CT molecular complexity index is 529. The van der Waals surface area contributed by atoms with E-state index in [0.717, 1.165) is 70.5 Å². The van der Waals surface area contributed by atoms with Crippen molar-refractivity contribution in [3.63, 3.8) is 0 Å². The molecule has 2 saturated heterocycles. The lowest BCUT2D eigenvalue weighted by Gasteiger charge is -2.39. The Morgan fingerprint density at radius 1 is 1.12 bits per heavy atom. The lowest BCUT2D eigenvalue weighted by Crippen LogP contribution is -2.49. The van der Waals surface area contributed by atoms with Gasteiger partial charge in [-0.15, -0.1) is 0 Å². The van der Waals surface area contributed by atoms with Crippen LogP contribution in [0.5, 0.6) is 11.5 Å². The topological polar surface area (TPSA) is 46.2 Å². The minimum Gasteiger partial charge on any atom is -0.493 e. The average Bonchev–Trinajstić information content (AvgIpc) is 2.68. The molecule has 140 valence electrons. The van der Waals surface area contributed by atoms with Gasteiger partial charge in [0.15, 0.2) is 11.5 Å². The SMILES string of the molecule is CCOc1ccc(C(CN2CCOCC2)N2CCNCC2)cc1OC. The third-order valence-corrected chi connectivity index (χ3v) is 5.00. The van der Waals surface area contributed by atoms with Crippen molar-refractivity contribution < 1.29 is 14.2 Å². The Hall–Kier alpha value is -1.34. The summed E-state index contributed by atoms with van der Waals surface area (Å²) in [5.41, 5.74) is 1.30. The summed E-state index contributed by atoms with van der Waals surface area (Å²) < 4.78 is 16.8. The molecule has 0 aliphatic carbocycles. The maximum absolute atomic E-state index is 5.68. The van der Waals surface area contributed by atoms with Crippen molar-refractivity contribution in [2.75, 3.05) is 72.7 Å². The molecule has 1 N–H and O–H groups in total. The second kappa shape index (κ2) is 9.38. The molecule has 3 rings (SSSR count). The number of nitrogens with one attached hydrogen (secondary N) is 1. The summed E-state index contributed by atoms with van der Waals surface area (Å²) in [7, 11) is 1.71. The molecule has 1 unspecified atom stereocenters. The van der Waals surface area contributed by atoms with E-state index >= 15 is 0 Å². The molecule has 2 aliphatic rings. The second-order valence-corrected chi connectivity index (χ2v) is 6.56. The number of nitrogens with zero attached hydrogens (tertiary/aromatic N) is 2. The van der Waals surface area contributed by atoms with Gasteiger partial charge in [0.2, 0.25) is 0 Å². The van der Waals surface area contributed by atoms with Crippen LogP contribution < -0.4 is 14.8 Å². The zero-order chi connectivity index (χ0) is 17.5. The molecule has 0 bridgehead atoms. The Balaban J connectivity index is 1.81. The van der Waals surface area contributed by atoms with Crippen LogP contribution in [0.15, 0.2) is 18.2 Å². The Labute approximate surface area is 151 Å². The number of methoxy groups -OCH3 is 1. The van der Waals surface area contributed by atoms with Gasteiger partial charge < -0.3 is 19.5 Å². The first-order valence-electron chi connectivity index (χ1n) is 9.37. The van der Waals surface area contributed by atoms with Crippen molar-refractivity contribution >= 4 is 0 Å². The zero-order valence-electron chi connectivity index (χ0n) is 15.5. The quantitative estimate of drug-likeness (QED) is 0.802. The highest BCUT2D eigenvalue weighted by molar-refractivity contribution is 5.44. The number of hydrogen-bond donors (Lipinski definition) is 1. The highest BCUT2D eigenvalue weighted by Gasteiger charge is 2.26. The highest BCUT2D eigenvalue weighted by atomic mass is 16.5. The summed E-state index contributed by atoms with van der Waals surface area (Å²) in [6.07, 6.45) is 0. The van der Waals surface area contributed by atoms with Crippen molar-refractivity contribution in [3.05, 3.63) is 23.8 Å². The lowest BCUT2D eigenvalue weighted by atomic mass is 10.0. The number of rotatable bonds is 7. The minimum absolute atomic E-state index is 0.366. The largest absolute Gasteiger partial charge is 0.493 e. The number of hydrogen-bond acceptors (Lipinski definition) is 6. The average molecular weight is 349 g/mol. The first-order valence-corrected chi connectivity index (χ1v) is 9.37. The predicted molar refractivity (Wildman–Crippen MR) is 98.6 cm³/mol. The fraction of sp³-hybridized carbons (Fsp3) is 0.684. The maximum Gasteiger partial charge on any atom is 0.161 e. The molecule has 2 heterocycles. The van der Waals surface area contributed by atoms with Crippen molar-refractivity contribution in [1.82, 2.24) is 15.1 Å². The van der Waals surface area contributed by atoms with E-state index in [4.69, 9.17) is 14.2 Å². The lowest BCUT2D eigenvalue weighted by molar-refractivity contribution is 0.0206. The van der Waals surface area contributed by atoms with Crippen LogP contribution in [0.3, 0.4) is 0 Å². The Morgan fingerprint density at radius 2 is 1.88 bits per heavy atom. The predicted octanol–water partition coefficient (Wildman–Crippen LogP) is 1.37. The molecule has 2 fully saturated rings. The first-order chi connectivity index (χ1) is 12.3. The van der Waals surface area contributed by atoms with Gasteiger partial charge in [-0.25, -0.2) is 0 Å². The molecule has 0 aromatic heterocycles. The molecule has 6 nitrogen and oxygen atoms in total. The van der Waals surface area contributed by atoms with E-state index in [1.54, 1.807) is 7.11 Å². The normalized spacial score (nSPS) is 21.0. The third kappa shape index (κ3) is 4.85. The van der Waals surface area contributed by atoms with E-state index < -0.39 is 0 Å². The number of ether oxygens (including phenoxy) is 3. The summed E-state index contributed by atoms with van der Waals surface area (Å²) in [5, 5.41) is 3.45. The summed E-state index contributed by atoms with van der Waals surface area (Å²) in [6.45, 7) is 11.6. The van der Waals surface area contributed by atoms with Gasteiger partial charge in [-0.2, -0.15) is 0 Å². The molecule has 0 amide bonds. The van der Waals surface area contributed by atoms with E-state index in [1.165, 1.54) is 5.56 Å². The van der Waals surface area contributed by atoms with Gasteiger partial charge in [0.1, 0.15) is 0 Å². The standard InChI is InChI=1S/C19H31N3O3/c1-3-25-18-5-4-16(14-19(18)23-2)17(22-8-6-20-7-9-22)15-21-10-12-24-13-11-21/h4-5,14,17,20H,3,6-13,15H2,1-2H3. The minimum atomic E-state index is 0.366. The molecule has 1 aromatic carbocycles. The van der Waals surface area contributed by atoms with Gasteiger partial charge in [-0.05, 0) is 24.6 Å². The molecule has 6 heteroatoms. The van der Waals surface area contributed by atoms with Crippen LogP contribution in [0.2, 0.25) is 0 Å². The van der Waals surface area contributed by atoms with Gasteiger partial charge in [0, 0.05) is 51.9 Å². The molecule has 0 radical (unpaired) electrons. The summed E-state index contributed by atoms with van der Waals surface area (Å²) >= 11 is 0. The van der Waals surface area contributed by atoms with Crippen LogP contribution in [0.4, 0.5) is 0 Å². The summed E-state index contributed by atoms with van der Waals surface area (Å²) in [6, 6.07) is 6.76.